The molecule has 1 aromatic carbocycles. The number of aromatic hydroxyl groups is 1. The van der Waals surface area contributed by atoms with E-state index in [4.69, 9.17) is 5.73 Å². The topological polar surface area (TPSA) is 99.3 Å². The standard InChI is InChI=1S/C11H12N2O3/c12-5-9(15)6-1-3-8(14)11-7(6)2-4-10(16)13-11/h1-4,9,14-15H,5,12H2,(H,13,16). The molecule has 0 radical (unpaired) electrons. The molecule has 0 aliphatic carbocycles. The van der Waals surface area contributed by atoms with Crippen LogP contribution in [0.3, 0.4) is 0 Å². The molecule has 1 heterocycles. The SMILES string of the molecule is NCC(O)c1ccc(O)c2[nH]c(=O)ccc12. The summed E-state index contributed by atoms with van der Waals surface area (Å²) in [4.78, 5) is 13.7. The van der Waals surface area contributed by atoms with E-state index in [0.717, 1.165) is 0 Å². The van der Waals surface area contributed by atoms with Crippen molar-refractivity contribution in [2.75, 3.05) is 6.54 Å². The van der Waals surface area contributed by atoms with E-state index in [1.165, 1.54) is 12.1 Å². The van der Waals surface area contributed by atoms with Gasteiger partial charge in [0, 0.05) is 18.0 Å². The third kappa shape index (κ3) is 1.66. The van der Waals surface area contributed by atoms with E-state index in [-0.39, 0.29) is 17.9 Å². The van der Waals surface area contributed by atoms with Crippen LogP contribution in [0.4, 0.5) is 0 Å². The smallest absolute Gasteiger partial charge is 0.248 e. The van der Waals surface area contributed by atoms with Gasteiger partial charge in [-0.3, -0.25) is 4.79 Å². The van der Waals surface area contributed by atoms with Crippen LogP contribution >= 0.6 is 0 Å². The zero-order valence-corrected chi connectivity index (χ0v) is 8.47. The first-order chi connectivity index (χ1) is 7.63. The van der Waals surface area contributed by atoms with Gasteiger partial charge in [0.15, 0.2) is 0 Å². The first-order valence-corrected chi connectivity index (χ1v) is 4.86. The number of H-pyrrole nitrogens is 1. The number of aliphatic hydroxyl groups excluding tert-OH is 1. The predicted molar refractivity (Wildman–Crippen MR) is 60.2 cm³/mol. The van der Waals surface area contributed by atoms with Crippen LogP contribution in [0.15, 0.2) is 29.1 Å². The van der Waals surface area contributed by atoms with Gasteiger partial charge in [0.25, 0.3) is 0 Å². The third-order valence-corrected chi connectivity index (χ3v) is 2.49. The number of hydrogen-bond acceptors (Lipinski definition) is 4. The van der Waals surface area contributed by atoms with E-state index in [9.17, 15) is 15.0 Å². The molecule has 84 valence electrons. The summed E-state index contributed by atoms with van der Waals surface area (Å²) >= 11 is 0. The molecule has 0 bridgehead atoms. The van der Waals surface area contributed by atoms with Crippen LogP contribution in [0.25, 0.3) is 10.9 Å². The van der Waals surface area contributed by atoms with E-state index in [0.29, 0.717) is 16.5 Å². The second-order valence-electron chi connectivity index (χ2n) is 3.54. The van der Waals surface area contributed by atoms with Gasteiger partial charge >= 0.3 is 0 Å². The molecule has 2 aromatic rings. The summed E-state index contributed by atoms with van der Waals surface area (Å²) in [6, 6.07) is 5.91. The van der Waals surface area contributed by atoms with Crippen molar-refractivity contribution in [1.29, 1.82) is 0 Å². The van der Waals surface area contributed by atoms with Crippen LogP contribution in [0.1, 0.15) is 11.7 Å². The molecule has 2 rings (SSSR count). The lowest BCUT2D eigenvalue weighted by molar-refractivity contribution is 0.188. The fraction of sp³-hybridized carbons (Fsp3) is 0.182. The van der Waals surface area contributed by atoms with Gasteiger partial charge in [-0.15, -0.1) is 0 Å². The highest BCUT2D eigenvalue weighted by Gasteiger charge is 2.12. The summed E-state index contributed by atoms with van der Waals surface area (Å²) in [6.07, 6.45) is -0.811. The van der Waals surface area contributed by atoms with Crippen LogP contribution in [0, 0.1) is 0 Å². The van der Waals surface area contributed by atoms with Gasteiger partial charge in [-0.25, -0.2) is 0 Å². The Hall–Kier alpha value is -1.85. The number of nitrogens with one attached hydrogen (secondary N) is 1. The molecular weight excluding hydrogens is 208 g/mol. The van der Waals surface area contributed by atoms with Crippen molar-refractivity contribution in [2.45, 2.75) is 6.10 Å². The number of pyridine rings is 1. The minimum atomic E-state index is -0.811. The number of hydrogen-bond donors (Lipinski definition) is 4. The Balaban J connectivity index is 2.79. The van der Waals surface area contributed by atoms with Crippen molar-refractivity contribution in [1.82, 2.24) is 4.98 Å². The molecule has 1 atom stereocenters. The number of fused-ring (bicyclic) bond motifs is 1. The Bertz CT molecular complexity index is 577. The molecule has 0 saturated carbocycles. The number of benzene rings is 1. The highest BCUT2D eigenvalue weighted by atomic mass is 16.3. The first kappa shape index (κ1) is 10.7. The van der Waals surface area contributed by atoms with Crippen molar-refractivity contribution >= 4 is 10.9 Å². The van der Waals surface area contributed by atoms with E-state index in [1.807, 2.05) is 0 Å². The quantitative estimate of drug-likeness (QED) is 0.582. The van der Waals surface area contributed by atoms with Gasteiger partial charge in [0.2, 0.25) is 5.56 Å². The van der Waals surface area contributed by atoms with Gasteiger partial charge in [0.05, 0.1) is 11.6 Å². The second-order valence-corrected chi connectivity index (χ2v) is 3.54. The van der Waals surface area contributed by atoms with Crippen molar-refractivity contribution in [3.63, 3.8) is 0 Å². The van der Waals surface area contributed by atoms with Crippen molar-refractivity contribution < 1.29 is 10.2 Å². The van der Waals surface area contributed by atoms with Crippen molar-refractivity contribution in [2.24, 2.45) is 5.73 Å². The van der Waals surface area contributed by atoms with Gasteiger partial charge in [0.1, 0.15) is 5.75 Å². The van der Waals surface area contributed by atoms with Gasteiger partial charge in [-0.1, -0.05) is 6.07 Å². The molecule has 5 heteroatoms. The molecule has 0 aliphatic heterocycles. The summed E-state index contributed by atoms with van der Waals surface area (Å²) in [5, 5.41) is 19.9. The summed E-state index contributed by atoms with van der Waals surface area (Å²) < 4.78 is 0. The van der Waals surface area contributed by atoms with E-state index < -0.39 is 6.10 Å². The molecular formula is C11H12N2O3. The monoisotopic (exact) mass is 220 g/mol. The fourth-order valence-electron chi connectivity index (χ4n) is 1.68. The zero-order valence-electron chi connectivity index (χ0n) is 8.47. The number of rotatable bonds is 2. The highest BCUT2D eigenvalue weighted by Crippen LogP contribution is 2.28. The van der Waals surface area contributed by atoms with Crippen LogP contribution in [-0.4, -0.2) is 21.7 Å². The molecule has 1 aromatic heterocycles. The van der Waals surface area contributed by atoms with E-state index in [2.05, 4.69) is 4.98 Å². The second kappa shape index (κ2) is 3.96. The Morgan fingerprint density at radius 2 is 2.06 bits per heavy atom. The maximum Gasteiger partial charge on any atom is 0.248 e. The average molecular weight is 220 g/mol. The summed E-state index contributed by atoms with van der Waals surface area (Å²) in [5.41, 5.74) is 5.98. The first-order valence-electron chi connectivity index (χ1n) is 4.86. The predicted octanol–water partition coefficient (Wildman–Crippen LogP) is 0.226. The summed E-state index contributed by atoms with van der Waals surface area (Å²) in [6.45, 7) is 0.0823. The Kier molecular flexibility index (Phi) is 2.64. The van der Waals surface area contributed by atoms with E-state index >= 15 is 0 Å². The fourth-order valence-corrected chi connectivity index (χ4v) is 1.68. The lowest BCUT2D eigenvalue weighted by Gasteiger charge is -2.12. The van der Waals surface area contributed by atoms with Gasteiger partial charge < -0.3 is 20.9 Å². The number of aromatic nitrogens is 1. The zero-order chi connectivity index (χ0) is 11.7. The molecule has 16 heavy (non-hydrogen) atoms. The highest BCUT2D eigenvalue weighted by molar-refractivity contribution is 5.87. The van der Waals surface area contributed by atoms with Crippen LogP contribution < -0.4 is 11.3 Å². The van der Waals surface area contributed by atoms with Crippen molar-refractivity contribution in [3.05, 3.63) is 40.2 Å². The maximum absolute atomic E-state index is 11.1. The normalized spacial score (nSPS) is 12.9. The average Bonchev–Trinajstić information content (AvgIpc) is 2.29. The molecule has 5 nitrogen and oxygen atoms in total. The molecule has 0 amide bonds. The molecule has 5 N–H and O–H groups in total. The Morgan fingerprint density at radius 1 is 1.31 bits per heavy atom. The molecule has 0 fully saturated rings. The number of aromatic amines is 1. The maximum atomic E-state index is 11.1. The minimum absolute atomic E-state index is 0.0272. The van der Waals surface area contributed by atoms with Gasteiger partial charge in [-0.2, -0.15) is 0 Å². The number of phenols is 1. The van der Waals surface area contributed by atoms with Crippen LogP contribution in [-0.2, 0) is 0 Å². The third-order valence-electron chi connectivity index (χ3n) is 2.49. The van der Waals surface area contributed by atoms with Gasteiger partial charge in [-0.05, 0) is 17.7 Å². The minimum Gasteiger partial charge on any atom is -0.506 e. The molecule has 1 unspecified atom stereocenters. The lowest BCUT2D eigenvalue weighted by Crippen LogP contribution is -2.12. The Labute approximate surface area is 91.2 Å². The Morgan fingerprint density at radius 3 is 2.75 bits per heavy atom. The van der Waals surface area contributed by atoms with Crippen LogP contribution in [0.2, 0.25) is 0 Å². The largest absolute Gasteiger partial charge is 0.506 e. The number of phenolic OH excluding ortho intramolecular Hbond substituents is 1. The lowest BCUT2D eigenvalue weighted by atomic mass is 10.0. The summed E-state index contributed by atoms with van der Waals surface area (Å²) in [5.74, 6) is -0.0272. The van der Waals surface area contributed by atoms with Crippen molar-refractivity contribution in [3.8, 4) is 5.75 Å². The number of nitrogens with two attached hydrogens (primary N) is 1. The van der Waals surface area contributed by atoms with E-state index in [1.54, 1.807) is 12.1 Å². The summed E-state index contributed by atoms with van der Waals surface area (Å²) in [7, 11) is 0. The molecule has 0 saturated heterocycles. The van der Waals surface area contributed by atoms with Crippen LogP contribution in [0.5, 0.6) is 5.75 Å². The molecule has 0 aliphatic rings. The molecule has 0 spiro atoms. The number of aliphatic hydroxyl groups is 1.